The number of rotatable bonds is 3. The summed E-state index contributed by atoms with van der Waals surface area (Å²) >= 11 is 0. The largest absolute Gasteiger partial charge is 0.393 e. The molecule has 3 rings (SSSR count). The van der Waals surface area contributed by atoms with E-state index in [2.05, 4.69) is 9.80 Å². The van der Waals surface area contributed by atoms with Crippen molar-refractivity contribution in [2.75, 3.05) is 31.9 Å². The van der Waals surface area contributed by atoms with E-state index in [9.17, 15) is 10.1 Å². The van der Waals surface area contributed by atoms with Crippen LogP contribution < -0.4 is 5.73 Å². The Hall–Kier alpha value is -1.66. The molecule has 6 nitrogen and oxygen atoms in total. The van der Waals surface area contributed by atoms with Crippen molar-refractivity contribution in [3.05, 3.63) is 33.9 Å². The number of piperazine rings is 1. The third-order valence-electron chi connectivity index (χ3n) is 4.44. The van der Waals surface area contributed by atoms with Gasteiger partial charge < -0.3 is 5.73 Å². The average Bonchev–Trinajstić information content (AvgIpc) is 2.88. The molecular formula is C14H20N4O2. The van der Waals surface area contributed by atoms with Gasteiger partial charge in [0.05, 0.1) is 4.92 Å². The summed E-state index contributed by atoms with van der Waals surface area (Å²) in [5, 5.41) is 10.9. The van der Waals surface area contributed by atoms with E-state index in [4.69, 9.17) is 5.73 Å². The topological polar surface area (TPSA) is 75.6 Å². The van der Waals surface area contributed by atoms with Gasteiger partial charge in [0, 0.05) is 38.3 Å². The van der Waals surface area contributed by atoms with Gasteiger partial charge in [-0.2, -0.15) is 0 Å². The van der Waals surface area contributed by atoms with E-state index < -0.39 is 4.92 Å². The number of fused-ring (bicyclic) bond motifs is 1. The number of hydrogen-bond donors (Lipinski definition) is 1. The second kappa shape index (κ2) is 5.38. The smallest absolute Gasteiger partial charge is 0.292 e. The molecule has 20 heavy (non-hydrogen) atoms. The molecule has 0 amide bonds. The highest BCUT2D eigenvalue weighted by molar-refractivity contribution is 5.62. The molecule has 2 aliphatic heterocycles. The van der Waals surface area contributed by atoms with Gasteiger partial charge in [0.15, 0.2) is 0 Å². The van der Waals surface area contributed by atoms with E-state index >= 15 is 0 Å². The van der Waals surface area contributed by atoms with Crippen LogP contribution in [-0.4, -0.2) is 46.9 Å². The summed E-state index contributed by atoms with van der Waals surface area (Å²) in [6, 6.07) is 5.73. The Morgan fingerprint density at radius 3 is 3.00 bits per heavy atom. The molecule has 2 fully saturated rings. The highest BCUT2D eigenvalue weighted by Crippen LogP contribution is 2.28. The Kier molecular flexibility index (Phi) is 3.58. The zero-order valence-electron chi connectivity index (χ0n) is 11.5. The normalized spacial score (nSPS) is 23.7. The predicted octanol–water partition coefficient (Wildman–Crippen LogP) is 1.46. The molecule has 2 N–H and O–H groups in total. The molecular weight excluding hydrogens is 256 g/mol. The molecule has 1 atom stereocenters. The van der Waals surface area contributed by atoms with Crippen LogP contribution in [0.1, 0.15) is 18.4 Å². The van der Waals surface area contributed by atoms with Gasteiger partial charge >= 0.3 is 0 Å². The predicted molar refractivity (Wildman–Crippen MR) is 77.4 cm³/mol. The van der Waals surface area contributed by atoms with Crippen LogP contribution in [0.2, 0.25) is 0 Å². The summed E-state index contributed by atoms with van der Waals surface area (Å²) in [7, 11) is 0. The first-order chi connectivity index (χ1) is 9.65. The van der Waals surface area contributed by atoms with Crippen molar-refractivity contribution in [2.45, 2.75) is 25.4 Å². The Balaban J connectivity index is 1.72. The fourth-order valence-corrected chi connectivity index (χ4v) is 3.34. The van der Waals surface area contributed by atoms with E-state index in [0.29, 0.717) is 18.3 Å². The summed E-state index contributed by atoms with van der Waals surface area (Å²) in [6.07, 6.45) is 2.55. The van der Waals surface area contributed by atoms with Crippen molar-refractivity contribution < 1.29 is 4.92 Å². The highest BCUT2D eigenvalue weighted by Gasteiger charge is 2.30. The van der Waals surface area contributed by atoms with Crippen molar-refractivity contribution in [3.63, 3.8) is 0 Å². The zero-order valence-corrected chi connectivity index (χ0v) is 11.5. The van der Waals surface area contributed by atoms with Gasteiger partial charge in [-0.3, -0.25) is 19.9 Å². The third kappa shape index (κ3) is 2.48. The molecule has 0 bridgehead atoms. The number of nitro groups is 1. The SMILES string of the molecule is Nc1c(CN2CCN3CCCC3C2)cccc1[N+](=O)[O-]. The molecule has 1 aromatic rings. The van der Waals surface area contributed by atoms with Crippen LogP contribution in [0.25, 0.3) is 0 Å². The maximum absolute atomic E-state index is 10.9. The number of anilines is 1. The van der Waals surface area contributed by atoms with Gasteiger partial charge in [-0.25, -0.2) is 0 Å². The minimum atomic E-state index is -0.409. The van der Waals surface area contributed by atoms with Crippen molar-refractivity contribution in [1.82, 2.24) is 9.80 Å². The molecule has 6 heteroatoms. The Morgan fingerprint density at radius 1 is 1.35 bits per heavy atom. The third-order valence-corrected chi connectivity index (χ3v) is 4.44. The van der Waals surface area contributed by atoms with Crippen molar-refractivity contribution >= 4 is 11.4 Å². The van der Waals surface area contributed by atoms with E-state index in [1.165, 1.54) is 25.5 Å². The van der Waals surface area contributed by atoms with Crippen LogP contribution in [0.3, 0.4) is 0 Å². The van der Waals surface area contributed by atoms with Crippen molar-refractivity contribution in [2.24, 2.45) is 0 Å². The lowest BCUT2D eigenvalue weighted by molar-refractivity contribution is -0.384. The summed E-state index contributed by atoms with van der Waals surface area (Å²) < 4.78 is 0. The first-order valence-corrected chi connectivity index (χ1v) is 7.13. The van der Waals surface area contributed by atoms with Crippen LogP contribution in [-0.2, 0) is 6.54 Å². The lowest BCUT2D eigenvalue weighted by Gasteiger charge is -2.37. The number of para-hydroxylation sites is 1. The molecule has 1 aromatic carbocycles. The standard InChI is InChI=1S/C14H20N4O2/c15-14-11(3-1-5-13(14)18(19)20)9-16-7-8-17-6-2-4-12(17)10-16/h1,3,5,12H,2,4,6-10,15H2. The molecule has 1 unspecified atom stereocenters. The van der Waals surface area contributed by atoms with Gasteiger partial charge in [0.2, 0.25) is 0 Å². The fourth-order valence-electron chi connectivity index (χ4n) is 3.34. The number of hydrogen-bond acceptors (Lipinski definition) is 5. The van der Waals surface area contributed by atoms with E-state index in [1.54, 1.807) is 6.07 Å². The minimum Gasteiger partial charge on any atom is -0.393 e. The highest BCUT2D eigenvalue weighted by atomic mass is 16.6. The van der Waals surface area contributed by atoms with Gasteiger partial charge in [0.25, 0.3) is 5.69 Å². The first kappa shape index (κ1) is 13.3. The lowest BCUT2D eigenvalue weighted by atomic mass is 10.1. The van der Waals surface area contributed by atoms with Crippen molar-refractivity contribution in [3.8, 4) is 0 Å². The zero-order chi connectivity index (χ0) is 14.1. The van der Waals surface area contributed by atoms with Gasteiger partial charge in [-0.05, 0) is 24.9 Å². The van der Waals surface area contributed by atoms with Crippen molar-refractivity contribution in [1.29, 1.82) is 0 Å². The second-order valence-corrected chi connectivity index (χ2v) is 5.67. The summed E-state index contributed by atoms with van der Waals surface area (Å²) in [5.74, 6) is 0. The summed E-state index contributed by atoms with van der Waals surface area (Å²) in [4.78, 5) is 15.4. The molecule has 2 saturated heterocycles. The molecule has 0 aliphatic carbocycles. The molecule has 108 valence electrons. The van der Waals surface area contributed by atoms with E-state index in [1.807, 2.05) is 6.07 Å². The van der Waals surface area contributed by atoms with Crippen LogP contribution in [0.5, 0.6) is 0 Å². The molecule has 0 radical (unpaired) electrons. The molecule has 0 spiro atoms. The lowest BCUT2D eigenvalue weighted by Crippen LogP contribution is -2.49. The van der Waals surface area contributed by atoms with E-state index in [-0.39, 0.29) is 5.69 Å². The average molecular weight is 276 g/mol. The molecule has 0 aromatic heterocycles. The second-order valence-electron chi connectivity index (χ2n) is 5.67. The first-order valence-electron chi connectivity index (χ1n) is 7.13. The van der Waals surface area contributed by atoms with Gasteiger partial charge in [-0.1, -0.05) is 12.1 Å². The quantitative estimate of drug-likeness (QED) is 0.514. The van der Waals surface area contributed by atoms with Gasteiger partial charge in [-0.15, -0.1) is 0 Å². The maximum Gasteiger partial charge on any atom is 0.292 e. The number of nitrogen functional groups attached to an aromatic ring is 1. The Morgan fingerprint density at radius 2 is 2.20 bits per heavy atom. The summed E-state index contributed by atoms with van der Waals surface area (Å²) in [6.45, 7) is 5.08. The molecule has 2 aliphatic rings. The molecule has 2 heterocycles. The fraction of sp³-hybridized carbons (Fsp3) is 0.571. The van der Waals surface area contributed by atoms with E-state index in [0.717, 1.165) is 25.2 Å². The maximum atomic E-state index is 10.9. The van der Waals surface area contributed by atoms with Crippen LogP contribution in [0.15, 0.2) is 18.2 Å². The van der Waals surface area contributed by atoms with Crippen LogP contribution in [0.4, 0.5) is 11.4 Å². The molecule has 0 saturated carbocycles. The number of nitro benzene ring substituents is 1. The minimum absolute atomic E-state index is 0.0157. The van der Waals surface area contributed by atoms with Gasteiger partial charge in [0.1, 0.15) is 5.69 Å². The summed E-state index contributed by atoms with van der Waals surface area (Å²) in [5.41, 5.74) is 7.12. The monoisotopic (exact) mass is 276 g/mol. The number of nitrogens with two attached hydrogens (primary N) is 1. The Bertz CT molecular complexity index is 520. The number of benzene rings is 1. The van der Waals surface area contributed by atoms with Crippen LogP contribution in [0, 0.1) is 10.1 Å². The Labute approximate surface area is 118 Å². The van der Waals surface area contributed by atoms with Crippen LogP contribution >= 0.6 is 0 Å². The number of nitrogens with zero attached hydrogens (tertiary/aromatic N) is 3.